The molecule has 2 saturated carbocycles. The minimum absolute atomic E-state index is 0.103. The lowest BCUT2D eigenvalue weighted by molar-refractivity contribution is -0.160. The zero-order valence-electron chi connectivity index (χ0n) is 57.6. The van der Waals surface area contributed by atoms with Gasteiger partial charge in [0.25, 0.3) is 11.8 Å². The lowest BCUT2D eigenvalue weighted by Crippen LogP contribution is -2.57. The SMILES string of the molecule is C[C@H](C(=O)N(C)C)[C@@]1(O)CCC[C@H](C)[C@@H](C)S(=O)(=O)NC(=O)c2ccc3c(c2)N(C[C@@H]2CC[C@H]21)C[C@@]1(CCCc2cc(Cl)ccc21)CO3.C[C@H](C(=O)N(C)C)[C@]1(O)CCC[C@H](C)[C@@H](C)S(=O)(=O)NC(=O)c2ccc3c(c2)N(C[C@@H]2CC[C@H]21)C[C@@]1(CCCc2cc(Cl)ccc21)CO3. The summed E-state index contributed by atoms with van der Waals surface area (Å²) in [5, 5.41) is 24.9. The third-order valence-electron chi connectivity index (χ3n) is 24.3. The van der Waals surface area contributed by atoms with E-state index in [9.17, 15) is 46.2 Å². The van der Waals surface area contributed by atoms with E-state index in [-0.39, 0.29) is 69.3 Å². The Hall–Kier alpha value is -5.64. The van der Waals surface area contributed by atoms with Crippen LogP contribution in [0.25, 0.3) is 0 Å². The first-order valence-electron chi connectivity index (χ1n) is 34.9. The van der Waals surface area contributed by atoms with Crippen molar-refractivity contribution in [3.8, 4) is 11.5 Å². The molecule has 2 fully saturated rings. The molecule has 18 nitrogen and oxygen atoms in total. The van der Waals surface area contributed by atoms with Crippen molar-refractivity contribution in [3.05, 3.63) is 116 Å². The number of fused-ring (bicyclic) bond motifs is 8. The van der Waals surface area contributed by atoms with Gasteiger partial charge in [-0.1, -0.05) is 75.9 Å². The van der Waals surface area contributed by atoms with Gasteiger partial charge < -0.3 is 39.3 Å². The molecule has 4 amide bonds. The summed E-state index contributed by atoms with van der Waals surface area (Å²) >= 11 is 12.9. The molecule has 0 unspecified atom stereocenters. The Morgan fingerprint density at radius 2 is 0.938 bits per heavy atom. The van der Waals surface area contributed by atoms with E-state index >= 15 is 0 Å². The van der Waals surface area contributed by atoms with E-state index in [1.807, 2.05) is 39.8 Å². The van der Waals surface area contributed by atoms with Gasteiger partial charge in [-0.05, 0) is 222 Å². The van der Waals surface area contributed by atoms with E-state index in [1.54, 1.807) is 88.2 Å². The van der Waals surface area contributed by atoms with Gasteiger partial charge in [0.15, 0.2) is 0 Å². The van der Waals surface area contributed by atoms with E-state index in [0.717, 1.165) is 75.6 Å². The smallest absolute Gasteiger partial charge is 0.264 e. The fourth-order valence-electron chi connectivity index (χ4n) is 17.7. The van der Waals surface area contributed by atoms with Crippen LogP contribution < -0.4 is 28.7 Å². The number of nitrogens with zero attached hydrogens (tertiary/aromatic N) is 4. The standard InChI is InChI=1S/2C37H50ClN3O6S/c2*1-23-8-6-17-37(44,24(2)35(43)40(4)5)31-13-10-28(31)20-41-21-36(16-7-9-26-18-29(38)12-14-30(26)36)22-47-33-15-11-27(19-32(33)41)34(42)39-48(45,46)25(23)3/h2*11-12,14-15,18-19,23-25,28,31,44H,6-10,13,16-17,20-22H2,1-5H3,(H,39,42)/t23-,24+,25+,28-,31+,36-,37+;23-,24+,25+,28-,31+,36-,37-/m00/s1. The van der Waals surface area contributed by atoms with Gasteiger partial charge >= 0.3 is 0 Å². The first-order chi connectivity index (χ1) is 45.3. The molecule has 0 aromatic heterocycles. The lowest BCUT2D eigenvalue weighted by Gasteiger charge is -2.52. The van der Waals surface area contributed by atoms with Crippen molar-refractivity contribution in [2.45, 2.75) is 177 Å². The Balaban J connectivity index is 0.000000195. The van der Waals surface area contributed by atoms with Gasteiger partial charge in [-0.25, -0.2) is 26.3 Å². The second-order valence-electron chi connectivity index (χ2n) is 30.5. The number of carbonyl (C=O) groups excluding carboxylic acids is 4. The van der Waals surface area contributed by atoms with Crippen LogP contribution in [0, 0.1) is 47.3 Å². The molecule has 0 radical (unpaired) electrons. The summed E-state index contributed by atoms with van der Waals surface area (Å²) in [5.74, 6) is -2.09. The van der Waals surface area contributed by atoms with E-state index in [4.69, 9.17) is 32.7 Å². The normalized spacial score (nSPS) is 32.4. The highest BCUT2D eigenvalue weighted by molar-refractivity contribution is 7.91. The van der Waals surface area contributed by atoms with Gasteiger partial charge in [-0.3, -0.25) is 19.2 Å². The summed E-state index contributed by atoms with van der Waals surface area (Å²) in [4.78, 5) is 61.5. The van der Waals surface area contributed by atoms with E-state index in [1.165, 1.54) is 22.3 Å². The molecule has 14 atom stereocenters. The summed E-state index contributed by atoms with van der Waals surface area (Å²) < 4.78 is 71.6. The molecule has 0 saturated heterocycles. The molecule has 4 aromatic rings. The molecule has 22 heteroatoms. The van der Waals surface area contributed by atoms with Gasteiger partial charge in [-0.2, -0.15) is 0 Å². The quantitative estimate of drug-likeness (QED) is 0.149. The van der Waals surface area contributed by atoms with Gasteiger partial charge in [0.2, 0.25) is 31.9 Å². The number of aliphatic hydroxyl groups is 2. The van der Waals surface area contributed by atoms with Gasteiger partial charge in [-0.15, -0.1) is 0 Å². The first-order valence-corrected chi connectivity index (χ1v) is 38.8. The van der Waals surface area contributed by atoms with Crippen LogP contribution in [0.2, 0.25) is 10.0 Å². The summed E-state index contributed by atoms with van der Waals surface area (Å²) in [5.41, 5.74) is 3.67. The molecule has 4 N–H and O–H groups in total. The average Bonchev–Trinajstić information content (AvgIpc) is 1.32. The minimum Gasteiger partial charge on any atom is -0.490 e. The predicted octanol–water partition coefficient (Wildman–Crippen LogP) is 11.1. The third-order valence-corrected chi connectivity index (χ3v) is 28.6. The number of benzene rings is 4. The fraction of sp³-hybridized carbons (Fsp3) is 0.622. The summed E-state index contributed by atoms with van der Waals surface area (Å²) in [6.07, 6.45) is 12.1. The van der Waals surface area contributed by atoms with Crippen LogP contribution in [0.1, 0.15) is 174 Å². The summed E-state index contributed by atoms with van der Waals surface area (Å²) in [7, 11) is -1.10. The maximum atomic E-state index is 13.5. The zero-order valence-corrected chi connectivity index (χ0v) is 60.7. The molecule has 12 rings (SSSR count). The number of anilines is 2. The lowest BCUT2D eigenvalue weighted by atomic mass is 9.59. The number of rotatable bonds is 4. The summed E-state index contributed by atoms with van der Waals surface area (Å²) in [6.45, 7) is 14.0. The first kappa shape index (κ1) is 71.6. The number of hydrogen-bond acceptors (Lipinski definition) is 14. The Kier molecular flexibility index (Phi) is 20.8. The van der Waals surface area contributed by atoms with Crippen molar-refractivity contribution in [2.75, 3.05) is 77.4 Å². The van der Waals surface area contributed by atoms with Gasteiger partial charge in [0.05, 0.1) is 58.1 Å². The maximum absolute atomic E-state index is 13.5. The number of amides is 4. The van der Waals surface area contributed by atoms with Crippen molar-refractivity contribution >= 4 is 78.3 Å². The van der Waals surface area contributed by atoms with E-state index < -0.39 is 65.4 Å². The second-order valence-corrected chi connectivity index (χ2v) is 35.4. The predicted molar refractivity (Wildman–Crippen MR) is 376 cm³/mol. The molecule has 8 aliphatic rings. The molecule has 4 aliphatic carbocycles. The number of ether oxygens (including phenoxy) is 2. The molecule has 4 heterocycles. The molecular weight excluding hydrogens is 1300 g/mol. The molecule has 4 bridgehead atoms. The maximum Gasteiger partial charge on any atom is 0.264 e. The number of halogens is 2. The van der Waals surface area contributed by atoms with Crippen molar-refractivity contribution < 1.29 is 55.7 Å². The van der Waals surface area contributed by atoms with Crippen LogP contribution in [0.15, 0.2) is 72.8 Å². The minimum atomic E-state index is -3.99. The van der Waals surface area contributed by atoms with E-state index in [2.05, 4.69) is 43.5 Å². The van der Waals surface area contributed by atoms with Gasteiger partial charge in [0, 0.05) is 86.4 Å². The molecule has 4 aromatic carbocycles. The van der Waals surface area contributed by atoms with Crippen molar-refractivity contribution in [1.29, 1.82) is 0 Å². The van der Waals surface area contributed by atoms with E-state index in [0.29, 0.717) is 99.5 Å². The number of nitrogens with one attached hydrogen (secondary N) is 2. The van der Waals surface area contributed by atoms with Crippen LogP contribution in [0.4, 0.5) is 11.4 Å². The summed E-state index contributed by atoms with van der Waals surface area (Å²) in [6, 6.07) is 22.6. The Labute approximate surface area is 579 Å². The zero-order chi connectivity index (χ0) is 69.2. The third kappa shape index (κ3) is 13.9. The largest absolute Gasteiger partial charge is 0.490 e. The van der Waals surface area contributed by atoms with Crippen LogP contribution >= 0.6 is 23.2 Å². The van der Waals surface area contributed by atoms with Gasteiger partial charge in [0.1, 0.15) is 11.5 Å². The Bertz CT molecular complexity index is 3610. The average molecular weight is 1400 g/mol. The van der Waals surface area contributed by atoms with Crippen molar-refractivity contribution in [2.24, 2.45) is 47.3 Å². The molecule has 96 heavy (non-hydrogen) atoms. The van der Waals surface area contributed by atoms with Crippen molar-refractivity contribution in [3.63, 3.8) is 0 Å². The monoisotopic (exact) mass is 1400 g/mol. The van der Waals surface area contributed by atoms with Crippen LogP contribution in [-0.2, 0) is 53.3 Å². The number of carbonyl (C=O) groups is 4. The number of aryl methyl sites for hydroxylation is 2. The Morgan fingerprint density at radius 3 is 1.29 bits per heavy atom. The topological polar surface area (TPSA) is 232 Å². The molecule has 2 spiro atoms. The highest BCUT2D eigenvalue weighted by atomic mass is 35.5. The van der Waals surface area contributed by atoms with Crippen LogP contribution in [0.5, 0.6) is 11.5 Å². The highest BCUT2D eigenvalue weighted by Gasteiger charge is 2.55. The molecular formula is C74H100Cl2N6O12S2. The molecule has 4 aliphatic heterocycles. The van der Waals surface area contributed by atoms with Crippen molar-refractivity contribution in [1.82, 2.24) is 19.2 Å². The Morgan fingerprint density at radius 1 is 0.552 bits per heavy atom. The number of hydrogen-bond donors (Lipinski definition) is 4. The highest BCUT2D eigenvalue weighted by Crippen LogP contribution is 2.54. The van der Waals surface area contributed by atoms with Crippen LogP contribution in [0.3, 0.4) is 0 Å². The molecule has 524 valence electrons. The fourth-order valence-corrected chi connectivity index (χ4v) is 20.7. The number of sulfonamides is 2. The second kappa shape index (κ2) is 27.8. The van der Waals surface area contributed by atoms with Crippen LogP contribution in [-0.4, -0.2) is 150 Å².